The molecule has 3 aliphatic rings. The molecule has 168 valence electrons. The minimum Gasteiger partial charge on any atom is -0.497 e. The highest BCUT2D eigenvalue weighted by Crippen LogP contribution is 2.52. The second-order valence-electron chi connectivity index (χ2n) is 10.5. The summed E-state index contributed by atoms with van der Waals surface area (Å²) in [5.74, 6) is 0.166. The van der Waals surface area contributed by atoms with Crippen LogP contribution in [0.4, 0.5) is 4.79 Å². The Bertz CT molecular complexity index is 912. The van der Waals surface area contributed by atoms with Crippen molar-refractivity contribution in [3.05, 3.63) is 29.8 Å². The SMILES string of the molecule is CC[C@@]1(c2ccc(OC)cc2)NC(=O)N(CC(=O)N2C[C@@]3(C)C[C@@H]2CC(C)(C)C3)C1=O. The summed E-state index contributed by atoms with van der Waals surface area (Å²) in [6.07, 6.45) is 3.43. The van der Waals surface area contributed by atoms with Gasteiger partial charge in [-0.25, -0.2) is 4.79 Å². The van der Waals surface area contributed by atoms with E-state index in [1.54, 1.807) is 31.4 Å². The molecule has 2 heterocycles. The summed E-state index contributed by atoms with van der Waals surface area (Å²) < 4.78 is 5.20. The van der Waals surface area contributed by atoms with Crippen molar-refractivity contribution < 1.29 is 19.1 Å². The second-order valence-corrected chi connectivity index (χ2v) is 10.5. The van der Waals surface area contributed by atoms with Crippen LogP contribution in [0, 0.1) is 10.8 Å². The number of nitrogens with zero attached hydrogens (tertiary/aromatic N) is 2. The number of amides is 4. The molecule has 7 nitrogen and oxygen atoms in total. The summed E-state index contributed by atoms with van der Waals surface area (Å²) in [6, 6.07) is 6.79. The number of carbonyl (C=O) groups excluding carboxylic acids is 3. The monoisotopic (exact) mass is 427 g/mol. The summed E-state index contributed by atoms with van der Waals surface area (Å²) in [6.45, 7) is 9.10. The number of likely N-dealkylation sites (tertiary alicyclic amines) is 1. The number of hydrogen-bond donors (Lipinski definition) is 1. The zero-order chi connectivity index (χ0) is 22.6. The Morgan fingerprint density at radius 3 is 2.45 bits per heavy atom. The highest BCUT2D eigenvalue weighted by Gasteiger charge is 2.54. The Kier molecular flexibility index (Phi) is 5.06. The van der Waals surface area contributed by atoms with Crippen LogP contribution in [0.2, 0.25) is 0 Å². The number of benzene rings is 1. The van der Waals surface area contributed by atoms with Gasteiger partial charge < -0.3 is 15.0 Å². The molecule has 2 bridgehead atoms. The van der Waals surface area contributed by atoms with Gasteiger partial charge in [0.15, 0.2) is 0 Å². The zero-order valence-corrected chi connectivity index (χ0v) is 19.2. The maximum Gasteiger partial charge on any atom is 0.325 e. The van der Waals surface area contributed by atoms with Crippen molar-refractivity contribution in [3.63, 3.8) is 0 Å². The van der Waals surface area contributed by atoms with E-state index in [4.69, 9.17) is 4.74 Å². The van der Waals surface area contributed by atoms with E-state index in [1.807, 2.05) is 11.8 Å². The molecule has 1 N–H and O–H groups in total. The van der Waals surface area contributed by atoms with Crippen LogP contribution in [0.5, 0.6) is 5.75 Å². The lowest BCUT2D eigenvalue weighted by atomic mass is 9.65. The molecule has 0 radical (unpaired) electrons. The van der Waals surface area contributed by atoms with Gasteiger partial charge in [0.05, 0.1) is 7.11 Å². The number of hydrogen-bond acceptors (Lipinski definition) is 4. The van der Waals surface area contributed by atoms with E-state index in [2.05, 4.69) is 26.1 Å². The molecule has 2 aliphatic heterocycles. The summed E-state index contributed by atoms with van der Waals surface area (Å²) in [7, 11) is 1.58. The van der Waals surface area contributed by atoms with E-state index in [1.165, 1.54) is 0 Å². The Morgan fingerprint density at radius 2 is 1.84 bits per heavy atom. The fourth-order valence-electron chi connectivity index (χ4n) is 6.26. The maximum atomic E-state index is 13.4. The van der Waals surface area contributed by atoms with Crippen molar-refractivity contribution in [2.45, 2.75) is 65.0 Å². The van der Waals surface area contributed by atoms with Crippen LogP contribution in [0.1, 0.15) is 58.9 Å². The van der Waals surface area contributed by atoms with Gasteiger partial charge in [0.2, 0.25) is 5.91 Å². The van der Waals surface area contributed by atoms with Crippen molar-refractivity contribution in [1.82, 2.24) is 15.1 Å². The number of nitrogens with one attached hydrogen (secondary N) is 1. The molecule has 4 amide bonds. The molecular weight excluding hydrogens is 394 g/mol. The Morgan fingerprint density at radius 1 is 1.16 bits per heavy atom. The smallest absolute Gasteiger partial charge is 0.325 e. The van der Waals surface area contributed by atoms with Crippen molar-refractivity contribution in [3.8, 4) is 5.75 Å². The van der Waals surface area contributed by atoms with Gasteiger partial charge in [-0.1, -0.05) is 39.8 Å². The largest absolute Gasteiger partial charge is 0.497 e. The van der Waals surface area contributed by atoms with Gasteiger partial charge in [0, 0.05) is 12.6 Å². The summed E-state index contributed by atoms with van der Waals surface area (Å²) >= 11 is 0. The molecule has 1 aromatic rings. The molecule has 0 aromatic heterocycles. The lowest BCUT2D eigenvalue weighted by Gasteiger charge is -2.39. The van der Waals surface area contributed by atoms with Crippen LogP contribution in [0.3, 0.4) is 0 Å². The number of fused-ring (bicyclic) bond motifs is 2. The van der Waals surface area contributed by atoms with Gasteiger partial charge in [-0.05, 0) is 54.2 Å². The molecular formula is C24H33N3O4. The molecule has 0 unspecified atom stereocenters. The van der Waals surface area contributed by atoms with Crippen LogP contribution in [-0.4, -0.2) is 53.9 Å². The normalized spacial score (nSPS) is 31.7. The van der Waals surface area contributed by atoms with E-state index < -0.39 is 11.6 Å². The van der Waals surface area contributed by atoms with Gasteiger partial charge in [-0.2, -0.15) is 0 Å². The lowest BCUT2D eigenvalue weighted by molar-refractivity contribution is -0.140. The number of ether oxygens (including phenoxy) is 1. The molecule has 3 fully saturated rings. The predicted octanol–water partition coefficient (Wildman–Crippen LogP) is 3.28. The topological polar surface area (TPSA) is 79.0 Å². The minimum atomic E-state index is -1.15. The highest BCUT2D eigenvalue weighted by molar-refractivity contribution is 6.09. The first-order valence-electron chi connectivity index (χ1n) is 11.1. The van der Waals surface area contributed by atoms with E-state index in [0.29, 0.717) is 24.3 Å². The third-order valence-electron chi connectivity index (χ3n) is 7.32. The molecule has 0 spiro atoms. The lowest BCUT2D eigenvalue weighted by Crippen LogP contribution is -2.46. The first-order valence-corrected chi connectivity index (χ1v) is 11.1. The summed E-state index contributed by atoms with van der Waals surface area (Å²) in [4.78, 5) is 42.5. The van der Waals surface area contributed by atoms with Crippen molar-refractivity contribution in [1.29, 1.82) is 0 Å². The van der Waals surface area contributed by atoms with Crippen molar-refractivity contribution in [2.24, 2.45) is 10.8 Å². The van der Waals surface area contributed by atoms with Crippen LogP contribution in [-0.2, 0) is 15.1 Å². The maximum absolute atomic E-state index is 13.4. The molecule has 1 saturated carbocycles. The van der Waals surface area contributed by atoms with Gasteiger partial charge in [-0.3, -0.25) is 14.5 Å². The first kappa shape index (κ1) is 21.7. The van der Waals surface area contributed by atoms with Gasteiger partial charge in [-0.15, -0.1) is 0 Å². The highest BCUT2D eigenvalue weighted by atomic mass is 16.5. The quantitative estimate of drug-likeness (QED) is 0.732. The molecule has 3 atom stereocenters. The standard InChI is InChI=1S/C24H33N3O4/c1-6-24(16-7-9-18(31-5)10-8-16)20(29)26(21(30)25-24)13-19(28)27-15-23(4)12-17(27)11-22(2,3)14-23/h7-10,17H,6,11-15H2,1-5H3,(H,25,30)/t17-,23-,24-/m0/s1. The Balaban J connectivity index is 1.53. The average molecular weight is 428 g/mol. The minimum absolute atomic E-state index is 0.107. The summed E-state index contributed by atoms with van der Waals surface area (Å²) in [5, 5.41) is 2.86. The fourth-order valence-corrected chi connectivity index (χ4v) is 6.26. The van der Waals surface area contributed by atoms with Crippen molar-refractivity contribution in [2.75, 3.05) is 20.2 Å². The third kappa shape index (κ3) is 3.58. The van der Waals surface area contributed by atoms with Crippen LogP contribution in [0.15, 0.2) is 24.3 Å². The predicted molar refractivity (Wildman–Crippen MR) is 116 cm³/mol. The van der Waals surface area contributed by atoms with Gasteiger partial charge >= 0.3 is 6.03 Å². The van der Waals surface area contributed by atoms with E-state index in [0.717, 1.165) is 24.2 Å². The van der Waals surface area contributed by atoms with Gasteiger partial charge in [0.25, 0.3) is 5.91 Å². The van der Waals surface area contributed by atoms with E-state index in [-0.39, 0.29) is 35.2 Å². The number of urea groups is 1. The molecule has 2 saturated heterocycles. The van der Waals surface area contributed by atoms with Crippen LogP contribution >= 0.6 is 0 Å². The molecule has 31 heavy (non-hydrogen) atoms. The Hall–Kier alpha value is -2.57. The Labute approximate surface area is 184 Å². The fraction of sp³-hybridized carbons (Fsp3) is 0.625. The van der Waals surface area contributed by atoms with Gasteiger partial charge in [0.1, 0.15) is 17.8 Å². The molecule has 1 aliphatic carbocycles. The number of rotatable bonds is 5. The van der Waals surface area contributed by atoms with Crippen LogP contribution in [0.25, 0.3) is 0 Å². The van der Waals surface area contributed by atoms with Crippen LogP contribution < -0.4 is 10.1 Å². The average Bonchev–Trinajstić information content (AvgIpc) is 3.11. The molecule has 7 heteroatoms. The zero-order valence-electron chi connectivity index (χ0n) is 19.2. The van der Waals surface area contributed by atoms with E-state index >= 15 is 0 Å². The van der Waals surface area contributed by atoms with E-state index in [9.17, 15) is 14.4 Å². The first-order chi connectivity index (χ1) is 14.5. The molecule has 1 aromatic carbocycles. The number of imide groups is 1. The second kappa shape index (κ2) is 7.24. The summed E-state index contributed by atoms with van der Waals surface area (Å²) in [5.41, 5.74) is -0.164. The number of carbonyl (C=O) groups is 3. The van der Waals surface area contributed by atoms with Crippen molar-refractivity contribution >= 4 is 17.8 Å². The third-order valence-corrected chi connectivity index (χ3v) is 7.32. The number of methoxy groups -OCH3 is 1. The molecule has 4 rings (SSSR count).